The molecule has 1 saturated heterocycles. The highest BCUT2D eigenvalue weighted by Gasteiger charge is 2.49. The van der Waals surface area contributed by atoms with Gasteiger partial charge in [-0.2, -0.15) is 0 Å². The van der Waals surface area contributed by atoms with Gasteiger partial charge in [0, 0.05) is 37.7 Å². The van der Waals surface area contributed by atoms with Crippen molar-refractivity contribution in [2.24, 2.45) is 0 Å². The number of rotatable bonds is 12. The number of sulfone groups is 1. The number of aliphatic carboxylic acids is 1. The molecule has 0 aromatic heterocycles. The van der Waals surface area contributed by atoms with Crippen LogP contribution in [0.2, 0.25) is 0 Å². The van der Waals surface area contributed by atoms with Gasteiger partial charge < -0.3 is 29.5 Å². The van der Waals surface area contributed by atoms with Gasteiger partial charge in [0.2, 0.25) is 0 Å². The van der Waals surface area contributed by atoms with Gasteiger partial charge in [-0.15, -0.1) is 0 Å². The van der Waals surface area contributed by atoms with Crippen molar-refractivity contribution in [2.75, 3.05) is 33.9 Å². The molecule has 258 valence electrons. The van der Waals surface area contributed by atoms with E-state index in [1.54, 1.807) is 63.2 Å². The van der Waals surface area contributed by atoms with Crippen LogP contribution in [0.1, 0.15) is 39.2 Å². The van der Waals surface area contributed by atoms with Crippen molar-refractivity contribution in [1.29, 1.82) is 0 Å². The molecule has 0 spiro atoms. The number of carboxylic acid groups (broad SMARTS) is 1. The molecular weight excluding hydrogens is 642 g/mol. The molecule has 3 aromatic carbocycles. The van der Waals surface area contributed by atoms with Gasteiger partial charge in [0.15, 0.2) is 9.84 Å². The van der Waals surface area contributed by atoms with Crippen LogP contribution < -0.4 is 14.8 Å². The van der Waals surface area contributed by atoms with Crippen LogP contribution in [0.25, 0.3) is 11.1 Å². The zero-order valence-corrected chi connectivity index (χ0v) is 28.4. The summed E-state index contributed by atoms with van der Waals surface area (Å²) in [4.78, 5) is 38.7. The van der Waals surface area contributed by atoms with Crippen molar-refractivity contribution >= 4 is 27.6 Å². The van der Waals surface area contributed by atoms with Gasteiger partial charge in [0.1, 0.15) is 27.9 Å². The standard InChI is InChI=1S/C34H41N3O10S/c1-33(2,3)47-32(40)36-18-10-17-34(22-36,48(43,44)25-11-7-6-8-12-25)21-35-26(31(38)39)19-23-15-16-24(20-27(23)37(41)42)30-28(45-4)13-9-14-29(30)46-5/h6-9,11-16,20,26,35H,10,17-19,21-22H2,1-5H3,(H,38,39)/t26-,34?/m0/s1. The second-order valence-corrected chi connectivity index (χ2v) is 15.0. The summed E-state index contributed by atoms with van der Waals surface area (Å²) in [6.45, 7) is 4.80. The number of benzene rings is 3. The second-order valence-electron chi connectivity index (χ2n) is 12.6. The first kappa shape index (κ1) is 36.2. The molecule has 1 fully saturated rings. The van der Waals surface area contributed by atoms with Gasteiger partial charge in [-0.3, -0.25) is 14.9 Å². The van der Waals surface area contributed by atoms with Crippen LogP contribution in [0.5, 0.6) is 11.5 Å². The highest BCUT2D eigenvalue weighted by molar-refractivity contribution is 7.93. The Hall–Kier alpha value is -4.69. The van der Waals surface area contributed by atoms with Gasteiger partial charge in [-0.1, -0.05) is 36.4 Å². The first-order chi connectivity index (χ1) is 22.6. The summed E-state index contributed by atoms with van der Waals surface area (Å²) < 4.78 is 43.3. The van der Waals surface area contributed by atoms with E-state index < -0.39 is 43.2 Å². The zero-order valence-electron chi connectivity index (χ0n) is 27.6. The molecule has 1 unspecified atom stereocenters. The summed E-state index contributed by atoms with van der Waals surface area (Å²) in [5, 5.41) is 25.4. The molecule has 1 aliphatic rings. The molecule has 48 heavy (non-hydrogen) atoms. The molecule has 1 heterocycles. The molecule has 1 aliphatic heterocycles. The minimum Gasteiger partial charge on any atom is -0.496 e. The smallest absolute Gasteiger partial charge is 0.410 e. The Bertz CT molecular complexity index is 1740. The van der Waals surface area contributed by atoms with Gasteiger partial charge >= 0.3 is 12.1 Å². The Labute approximate surface area is 279 Å². The number of likely N-dealkylation sites (tertiary alicyclic amines) is 1. The number of ether oxygens (including phenoxy) is 3. The fourth-order valence-electron chi connectivity index (χ4n) is 5.86. The van der Waals surface area contributed by atoms with E-state index >= 15 is 0 Å². The number of methoxy groups -OCH3 is 2. The lowest BCUT2D eigenvalue weighted by Crippen LogP contribution is -2.61. The molecule has 1 amide bonds. The van der Waals surface area contributed by atoms with Gasteiger partial charge in [-0.05, 0) is 63.4 Å². The number of hydrogen-bond acceptors (Lipinski definition) is 10. The van der Waals surface area contributed by atoms with Crippen molar-refractivity contribution in [3.8, 4) is 22.6 Å². The van der Waals surface area contributed by atoms with Crippen LogP contribution in [0.4, 0.5) is 10.5 Å². The summed E-state index contributed by atoms with van der Waals surface area (Å²) >= 11 is 0. The van der Waals surface area contributed by atoms with E-state index in [1.165, 1.54) is 43.4 Å². The average molecular weight is 684 g/mol. The quantitative estimate of drug-likeness (QED) is 0.192. The molecule has 3 aromatic rings. The number of nitrogens with one attached hydrogen (secondary N) is 1. The first-order valence-corrected chi connectivity index (χ1v) is 16.8. The van der Waals surface area contributed by atoms with Crippen LogP contribution in [0, 0.1) is 10.1 Å². The molecule has 2 atom stereocenters. The maximum Gasteiger partial charge on any atom is 0.410 e. The number of carbonyl (C=O) groups is 2. The third-order valence-electron chi connectivity index (χ3n) is 8.21. The number of carboxylic acids is 1. The Balaban J connectivity index is 1.69. The van der Waals surface area contributed by atoms with E-state index in [4.69, 9.17) is 14.2 Å². The maximum absolute atomic E-state index is 14.2. The summed E-state index contributed by atoms with van der Waals surface area (Å²) in [7, 11) is -1.20. The fourth-order valence-corrected chi connectivity index (χ4v) is 7.89. The minimum absolute atomic E-state index is 0.0303. The predicted octanol–water partition coefficient (Wildman–Crippen LogP) is 5.11. The van der Waals surface area contributed by atoms with Crippen molar-refractivity contribution in [3.05, 3.63) is 82.4 Å². The minimum atomic E-state index is -4.14. The second kappa shape index (κ2) is 14.6. The number of carbonyl (C=O) groups excluding carboxylic acids is 1. The van der Waals surface area contributed by atoms with E-state index in [0.717, 1.165) is 0 Å². The van der Waals surface area contributed by atoms with Crippen molar-refractivity contribution < 1.29 is 42.2 Å². The highest BCUT2D eigenvalue weighted by Crippen LogP contribution is 2.40. The van der Waals surface area contributed by atoms with Crippen molar-refractivity contribution in [2.45, 2.75) is 61.3 Å². The van der Waals surface area contributed by atoms with Crippen LogP contribution in [-0.2, 0) is 25.8 Å². The molecule has 0 aliphatic carbocycles. The van der Waals surface area contributed by atoms with Crippen LogP contribution in [-0.4, -0.2) is 85.7 Å². The molecule has 2 N–H and O–H groups in total. The summed E-state index contributed by atoms with van der Waals surface area (Å²) in [5.74, 6) is -0.467. The molecular formula is C34H41N3O10S. The number of hydrogen-bond donors (Lipinski definition) is 2. The number of amides is 1. The molecule has 14 heteroatoms. The topological polar surface area (TPSA) is 175 Å². The average Bonchev–Trinajstić information content (AvgIpc) is 3.05. The molecule has 0 saturated carbocycles. The number of piperidine rings is 1. The predicted molar refractivity (Wildman–Crippen MR) is 178 cm³/mol. The molecule has 4 rings (SSSR count). The first-order valence-electron chi connectivity index (χ1n) is 15.3. The maximum atomic E-state index is 14.2. The van der Waals surface area contributed by atoms with Crippen molar-refractivity contribution in [1.82, 2.24) is 10.2 Å². The lowest BCUT2D eigenvalue weighted by Gasteiger charge is -2.43. The van der Waals surface area contributed by atoms with Gasteiger partial charge in [-0.25, -0.2) is 13.2 Å². The van der Waals surface area contributed by atoms with Crippen LogP contribution in [0.15, 0.2) is 71.6 Å². The molecule has 13 nitrogen and oxygen atoms in total. The SMILES string of the molecule is COc1cccc(OC)c1-c1ccc(C[C@H](NCC2(S(=O)(=O)c3ccccc3)CCCN(C(=O)OC(C)(C)C)C2)C(=O)O)c([N+](=O)[O-])c1. The fraction of sp³-hybridized carbons (Fsp3) is 0.412. The lowest BCUT2D eigenvalue weighted by molar-refractivity contribution is -0.385. The monoisotopic (exact) mass is 683 g/mol. The Kier molecular flexibility index (Phi) is 11.0. The van der Waals surface area contributed by atoms with Crippen LogP contribution >= 0.6 is 0 Å². The number of nitro benzene ring substituents is 1. The van der Waals surface area contributed by atoms with E-state index in [9.17, 15) is 33.2 Å². The third-order valence-corrected chi connectivity index (χ3v) is 10.7. The van der Waals surface area contributed by atoms with E-state index in [1.807, 2.05) is 0 Å². The van der Waals surface area contributed by atoms with E-state index in [-0.39, 0.29) is 48.6 Å². The lowest BCUT2D eigenvalue weighted by atomic mass is 9.95. The summed E-state index contributed by atoms with van der Waals surface area (Å²) in [6, 6.07) is 15.9. The Morgan fingerprint density at radius 3 is 2.25 bits per heavy atom. The van der Waals surface area contributed by atoms with Gasteiger partial charge in [0.25, 0.3) is 5.69 Å². The van der Waals surface area contributed by atoms with Crippen molar-refractivity contribution in [3.63, 3.8) is 0 Å². The highest BCUT2D eigenvalue weighted by atomic mass is 32.2. The third kappa shape index (κ3) is 7.88. The Morgan fingerprint density at radius 1 is 1.04 bits per heavy atom. The molecule has 0 bridgehead atoms. The Morgan fingerprint density at radius 2 is 1.69 bits per heavy atom. The van der Waals surface area contributed by atoms with E-state index in [2.05, 4.69) is 5.32 Å². The zero-order chi connectivity index (χ0) is 35.3. The van der Waals surface area contributed by atoms with Gasteiger partial charge in [0.05, 0.1) is 29.6 Å². The van der Waals surface area contributed by atoms with E-state index in [0.29, 0.717) is 29.0 Å². The molecule has 0 radical (unpaired) electrons. The number of nitro groups is 1. The normalized spacial score (nSPS) is 17.3. The van der Waals surface area contributed by atoms with Crippen LogP contribution in [0.3, 0.4) is 0 Å². The summed E-state index contributed by atoms with van der Waals surface area (Å²) in [5.41, 5.74) is -0.101. The number of nitrogens with zero attached hydrogens (tertiary/aromatic N) is 2. The largest absolute Gasteiger partial charge is 0.496 e. The summed E-state index contributed by atoms with van der Waals surface area (Å²) in [6.07, 6.45) is -0.540.